The summed E-state index contributed by atoms with van der Waals surface area (Å²) in [5.41, 5.74) is 4.51. The molecule has 3 N–H and O–H groups in total. The van der Waals surface area contributed by atoms with E-state index in [1.807, 2.05) is 0 Å². The average molecular weight is 641 g/mol. The molecule has 2 amide bonds. The lowest BCUT2D eigenvalue weighted by atomic mass is 9.92. The van der Waals surface area contributed by atoms with Gasteiger partial charge in [0.2, 0.25) is 0 Å². The van der Waals surface area contributed by atoms with Crippen molar-refractivity contribution < 1.29 is 47.7 Å². The van der Waals surface area contributed by atoms with E-state index in [1.165, 1.54) is 24.3 Å². The first-order chi connectivity index (χ1) is 21.1. The number of carbonyl (C=O) groups is 5. The second-order valence-corrected chi connectivity index (χ2v) is 14.0. The Hall–Kier alpha value is -4.61. The fourth-order valence-corrected chi connectivity index (χ4v) is 4.58. The number of hydrogen-bond acceptors (Lipinski definition) is 10. The minimum Gasteiger partial charge on any atom is -0.489 e. The summed E-state index contributed by atoms with van der Waals surface area (Å²) in [6.45, 7) is 15.5. The van der Waals surface area contributed by atoms with Gasteiger partial charge in [-0.3, -0.25) is 19.7 Å². The van der Waals surface area contributed by atoms with Crippen LogP contribution in [0.25, 0.3) is 0 Å². The number of nitrogens with one attached hydrogen (secondary N) is 1. The Labute approximate surface area is 269 Å². The smallest absolute Gasteiger partial charge is 0.412 e. The number of hydrogen-bond donors (Lipinski definition) is 2. The van der Waals surface area contributed by atoms with Gasteiger partial charge in [-0.1, -0.05) is 0 Å². The normalized spacial score (nSPS) is 14.3. The van der Waals surface area contributed by atoms with E-state index in [-0.39, 0.29) is 34.8 Å². The molecule has 0 radical (unpaired) electrons. The van der Waals surface area contributed by atoms with E-state index in [2.05, 4.69) is 5.32 Å². The Morgan fingerprint density at radius 1 is 0.891 bits per heavy atom. The zero-order valence-electron chi connectivity index (χ0n) is 28.0. The van der Waals surface area contributed by atoms with E-state index in [4.69, 9.17) is 29.4 Å². The number of ether oxygens (including phenoxy) is 5. The van der Waals surface area contributed by atoms with E-state index >= 15 is 0 Å². The van der Waals surface area contributed by atoms with Crippen molar-refractivity contribution in [2.24, 2.45) is 5.73 Å². The minimum absolute atomic E-state index is 0.0727. The van der Waals surface area contributed by atoms with Crippen LogP contribution in [0.1, 0.15) is 113 Å². The van der Waals surface area contributed by atoms with Gasteiger partial charge in [-0.25, -0.2) is 9.59 Å². The average Bonchev–Trinajstić information content (AvgIpc) is 2.86. The summed E-state index contributed by atoms with van der Waals surface area (Å²) < 4.78 is 28.1. The molecule has 0 saturated heterocycles. The van der Waals surface area contributed by atoms with Crippen LogP contribution in [0.2, 0.25) is 0 Å². The molecular weight excluding hydrogens is 596 g/mol. The van der Waals surface area contributed by atoms with E-state index in [0.29, 0.717) is 24.1 Å². The second-order valence-electron chi connectivity index (χ2n) is 14.0. The minimum atomic E-state index is -1.24. The van der Waals surface area contributed by atoms with Gasteiger partial charge < -0.3 is 29.4 Å². The molecule has 12 nitrogen and oxygen atoms in total. The number of primary amides is 1. The Morgan fingerprint density at radius 2 is 1.52 bits per heavy atom. The topological polar surface area (TPSA) is 170 Å². The molecule has 2 aromatic rings. The van der Waals surface area contributed by atoms with Crippen molar-refractivity contribution in [3.8, 4) is 11.5 Å². The number of aryl methyl sites for hydroxylation is 1. The van der Waals surface area contributed by atoms with E-state index in [9.17, 15) is 24.0 Å². The van der Waals surface area contributed by atoms with Crippen LogP contribution < -0.4 is 20.5 Å². The molecule has 1 aliphatic rings. The highest BCUT2D eigenvalue weighted by Crippen LogP contribution is 2.39. The molecule has 3 rings (SSSR count). The molecule has 0 bridgehead atoms. The third-order valence-electron chi connectivity index (χ3n) is 6.24. The van der Waals surface area contributed by atoms with Gasteiger partial charge >= 0.3 is 24.0 Å². The molecule has 0 spiro atoms. The van der Waals surface area contributed by atoms with Crippen LogP contribution in [0, 0.1) is 0 Å². The summed E-state index contributed by atoms with van der Waals surface area (Å²) in [6, 6.07) is 7.39. The van der Waals surface area contributed by atoms with Gasteiger partial charge in [0.05, 0.1) is 30.1 Å². The number of carbonyl (C=O) groups excluding carboxylic acids is 5. The summed E-state index contributed by atoms with van der Waals surface area (Å²) in [7, 11) is 0. The Morgan fingerprint density at radius 3 is 2.11 bits per heavy atom. The summed E-state index contributed by atoms with van der Waals surface area (Å²) in [5, 5.41) is 2.66. The molecule has 0 aromatic heterocycles. The number of rotatable bonds is 6. The van der Waals surface area contributed by atoms with Crippen molar-refractivity contribution >= 4 is 35.6 Å². The van der Waals surface area contributed by atoms with Gasteiger partial charge in [-0.05, 0) is 117 Å². The van der Waals surface area contributed by atoms with Crippen LogP contribution >= 0.6 is 0 Å². The maximum Gasteiger partial charge on any atom is 0.412 e. The predicted octanol–water partition coefficient (Wildman–Crippen LogP) is 5.83. The van der Waals surface area contributed by atoms with Crippen molar-refractivity contribution in [2.75, 3.05) is 11.9 Å². The standard InChI is InChI=1S/C34H44N2O10/c1-32(2,3)44-26(37)18-23(30(40)45-33(4,5)6)20-16-24(28(35)38)27-25(17-20)43-29(39)22-13-12-21(15-19(22)11-10-14-42-27)36-31(41)46-34(7,8)9/h12-13,15-17,23H,10-11,14,18H2,1-9H3,(H2,35,38)(H,36,41). The molecule has 1 atom stereocenters. The summed E-state index contributed by atoms with van der Waals surface area (Å²) in [4.78, 5) is 64.8. The molecule has 250 valence electrons. The first-order valence-electron chi connectivity index (χ1n) is 15.0. The monoisotopic (exact) mass is 640 g/mol. The SMILES string of the molecule is CC(C)(C)OC(=O)CC(C(=O)OC(C)(C)C)c1cc2c(c(C(N)=O)c1)OCCCc1cc(NC(=O)OC(C)(C)C)ccc1C(=O)O2. The zero-order valence-corrected chi connectivity index (χ0v) is 28.0. The van der Waals surface area contributed by atoms with Crippen LogP contribution in [-0.4, -0.2) is 53.3 Å². The van der Waals surface area contributed by atoms with E-state index in [0.717, 1.165) is 0 Å². The zero-order chi connectivity index (χ0) is 34.6. The van der Waals surface area contributed by atoms with Gasteiger partial charge in [-0.15, -0.1) is 0 Å². The third-order valence-corrected chi connectivity index (χ3v) is 6.24. The first-order valence-corrected chi connectivity index (χ1v) is 15.0. The van der Waals surface area contributed by atoms with Gasteiger partial charge in [0.15, 0.2) is 11.5 Å². The third kappa shape index (κ3) is 10.5. The fourth-order valence-electron chi connectivity index (χ4n) is 4.58. The molecule has 2 aromatic carbocycles. The lowest BCUT2D eigenvalue weighted by molar-refractivity contribution is -0.164. The molecule has 0 saturated carbocycles. The summed E-state index contributed by atoms with van der Waals surface area (Å²) in [6.07, 6.45) is -0.266. The lowest BCUT2D eigenvalue weighted by Gasteiger charge is -2.26. The van der Waals surface area contributed by atoms with E-state index < -0.39 is 59.1 Å². The van der Waals surface area contributed by atoms with Crippen LogP contribution in [0.4, 0.5) is 10.5 Å². The quantitative estimate of drug-likeness (QED) is 0.222. The van der Waals surface area contributed by atoms with Gasteiger partial charge in [-0.2, -0.15) is 0 Å². The molecule has 1 aliphatic heterocycles. The highest BCUT2D eigenvalue weighted by atomic mass is 16.6. The highest BCUT2D eigenvalue weighted by Gasteiger charge is 2.34. The van der Waals surface area contributed by atoms with Crippen molar-refractivity contribution in [1.82, 2.24) is 0 Å². The summed E-state index contributed by atoms with van der Waals surface area (Å²) in [5.74, 6) is -4.59. The maximum atomic E-state index is 13.6. The Balaban J connectivity index is 2.06. The molecule has 0 fully saturated rings. The number of benzene rings is 2. The van der Waals surface area contributed by atoms with Gasteiger partial charge in [0.25, 0.3) is 5.91 Å². The van der Waals surface area contributed by atoms with Gasteiger partial charge in [0.1, 0.15) is 16.8 Å². The van der Waals surface area contributed by atoms with Gasteiger partial charge in [0, 0.05) is 5.69 Å². The molecule has 1 unspecified atom stereocenters. The van der Waals surface area contributed by atoms with Crippen LogP contribution in [0.15, 0.2) is 30.3 Å². The summed E-state index contributed by atoms with van der Waals surface area (Å²) >= 11 is 0. The molecular formula is C34H44N2O10. The Kier molecular flexibility index (Phi) is 10.8. The van der Waals surface area contributed by atoms with Crippen molar-refractivity contribution in [1.29, 1.82) is 0 Å². The molecule has 46 heavy (non-hydrogen) atoms. The lowest BCUT2D eigenvalue weighted by Crippen LogP contribution is -2.31. The number of esters is 3. The number of amides is 2. The molecule has 1 heterocycles. The first kappa shape index (κ1) is 35.9. The number of fused-ring (bicyclic) bond motifs is 2. The highest BCUT2D eigenvalue weighted by molar-refractivity contribution is 5.99. The van der Waals surface area contributed by atoms with Crippen LogP contribution in [0.5, 0.6) is 11.5 Å². The molecule has 12 heteroatoms. The second kappa shape index (κ2) is 13.8. The van der Waals surface area contributed by atoms with Crippen LogP contribution in [0.3, 0.4) is 0 Å². The predicted molar refractivity (Wildman–Crippen MR) is 169 cm³/mol. The Bertz CT molecular complexity index is 1510. The number of anilines is 1. The molecule has 0 aliphatic carbocycles. The van der Waals surface area contributed by atoms with Crippen molar-refractivity contribution in [3.05, 3.63) is 52.6 Å². The fraction of sp³-hybridized carbons (Fsp3) is 0.500. The van der Waals surface area contributed by atoms with E-state index in [1.54, 1.807) is 68.4 Å². The van der Waals surface area contributed by atoms with Crippen molar-refractivity contribution in [2.45, 2.75) is 104 Å². The largest absolute Gasteiger partial charge is 0.489 e. The van der Waals surface area contributed by atoms with Crippen LogP contribution in [-0.2, 0) is 30.2 Å². The maximum absolute atomic E-state index is 13.6. The van der Waals surface area contributed by atoms with Crippen molar-refractivity contribution in [3.63, 3.8) is 0 Å². The number of nitrogens with two attached hydrogens (primary N) is 1.